The Kier molecular flexibility index (Phi) is 6.49. The van der Waals surface area contributed by atoms with Gasteiger partial charge in [0.15, 0.2) is 5.17 Å². The van der Waals surface area contributed by atoms with Crippen molar-refractivity contribution in [3.05, 3.63) is 64.7 Å². The van der Waals surface area contributed by atoms with Crippen LogP contribution < -0.4 is 10.6 Å². The lowest BCUT2D eigenvalue weighted by atomic mass is 10.2. The van der Waals surface area contributed by atoms with Gasteiger partial charge in [0.05, 0.1) is 22.8 Å². The lowest BCUT2D eigenvalue weighted by Crippen LogP contribution is -2.28. The summed E-state index contributed by atoms with van der Waals surface area (Å²) in [6.45, 7) is 0.377. The van der Waals surface area contributed by atoms with Gasteiger partial charge in [-0.1, -0.05) is 53.7 Å². The van der Waals surface area contributed by atoms with Crippen LogP contribution in [0.1, 0.15) is 17.5 Å². The third kappa shape index (κ3) is 5.74. The fourth-order valence-electron chi connectivity index (χ4n) is 2.53. The minimum atomic E-state index is -4.56. The van der Waals surface area contributed by atoms with Crippen molar-refractivity contribution in [1.29, 1.82) is 0 Å². The van der Waals surface area contributed by atoms with Crippen molar-refractivity contribution in [3.63, 3.8) is 0 Å². The zero-order valence-electron chi connectivity index (χ0n) is 14.8. The second-order valence-electron chi connectivity index (χ2n) is 6.15. The highest BCUT2D eigenvalue weighted by Crippen LogP contribution is 2.34. The van der Waals surface area contributed by atoms with Crippen LogP contribution in [-0.2, 0) is 22.3 Å². The van der Waals surface area contributed by atoms with Gasteiger partial charge in [-0.05, 0) is 23.8 Å². The van der Waals surface area contributed by atoms with E-state index in [9.17, 15) is 22.8 Å². The first-order valence-electron chi connectivity index (χ1n) is 8.45. The van der Waals surface area contributed by atoms with Crippen molar-refractivity contribution in [2.75, 3.05) is 5.32 Å². The molecule has 5 nitrogen and oxygen atoms in total. The summed E-state index contributed by atoms with van der Waals surface area (Å²) in [5, 5.41) is 4.58. The summed E-state index contributed by atoms with van der Waals surface area (Å²) in [5.74, 6) is -1.00. The maximum atomic E-state index is 12.8. The molecule has 0 aliphatic carbocycles. The number of amidine groups is 1. The summed E-state index contributed by atoms with van der Waals surface area (Å²) in [7, 11) is 0. The highest BCUT2D eigenvalue weighted by molar-refractivity contribution is 8.15. The predicted octanol–water partition coefficient (Wildman–Crippen LogP) is 4.48. The van der Waals surface area contributed by atoms with Crippen molar-refractivity contribution in [1.82, 2.24) is 5.32 Å². The molecule has 2 aromatic carbocycles. The topological polar surface area (TPSA) is 70.6 Å². The summed E-state index contributed by atoms with van der Waals surface area (Å²) >= 11 is 6.98. The Bertz CT molecular complexity index is 951. The molecule has 29 heavy (non-hydrogen) atoms. The average Bonchev–Trinajstić information content (AvgIpc) is 3.01. The van der Waals surface area contributed by atoms with E-state index in [-0.39, 0.29) is 23.0 Å². The number of carbonyl (C=O) groups excluding carboxylic acids is 2. The van der Waals surface area contributed by atoms with Crippen LogP contribution in [0.15, 0.2) is 53.5 Å². The number of thioether (sulfide) groups is 1. The van der Waals surface area contributed by atoms with Crippen LogP contribution in [0.2, 0.25) is 5.02 Å². The van der Waals surface area contributed by atoms with E-state index in [2.05, 4.69) is 15.6 Å². The SMILES string of the molecule is O=C(C[C@@H]1SC(=NCc2ccccc2)NC1=O)Nc1cc(C(F)(F)F)ccc1Cl. The molecule has 2 amide bonds. The fraction of sp³-hybridized carbons (Fsp3) is 0.211. The second-order valence-corrected chi connectivity index (χ2v) is 7.75. The van der Waals surface area contributed by atoms with Gasteiger partial charge in [0.2, 0.25) is 11.8 Å². The molecule has 1 fully saturated rings. The van der Waals surface area contributed by atoms with E-state index in [0.717, 1.165) is 35.5 Å². The minimum Gasteiger partial charge on any atom is -0.325 e. The Morgan fingerprint density at radius 3 is 2.62 bits per heavy atom. The largest absolute Gasteiger partial charge is 0.416 e. The van der Waals surface area contributed by atoms with Gasteiger partial charge in [0, 0.05) is 6.42 Å². The zero-order chi connectivity index (χ0) is 21.0. The van der Waals surface area contributed by atoms with Crippen molar-refractivity contribution >= 4 is 46.0 Å². The molecule has 10 heteroatoms. The standard InChI is InChI=1S/C19H15ClF3N3O2S/c20-13-7-6-12(19(21,22)23)8-14(13)25-16(27)9-15-17(28)26-18(29-15)24-10-11-4-2-1-3-5-11/h1-8,15H,9-10H2,(H,25,27)(H,24,26,28)/t15-/m0/s1. The second kappa shape index (κ2) is 8.87. The number of benzene rings is 2. The number of rotatable bonds is 5. The molecule has 2 N–H and O–H groups in total. The maximum absolute atomic E-state index is 12.8. The van der Waals surface area contributed by atoms with Crippen molar-refractivity contribution in [3.8, 4) is 0 Å². The van der Waals surface area contributed by atoms with Gasteiger partial charge >= 0.3 is 6.18 Å². The van der Waals surface area contributed by atoms with Gasteiger partial charge in [-0.25, -0.2) is 0 Å². The van der Waals surface area contributed by atoms with Crippen LogP contribution in [0.5, 0.6) is 0 Å². The normalized spacial score (nSPS) is 18.0. The lowest BCUT2D eigenvalue weighted by molar-refractivity contribution is -0.137. The molecular formula is C19H15ClF3N3O2S. The molecule has 1 atom stereocenters. The monoisotopic (exact) mass is 441 g/mol. The lowest BCUT2D eigenvalue weighted by Gasteiger charge is -2.12. The number of nitrogens with zero attached hydrogens (tertiary/aromatic N) is 1. The summed E-state index contributed by atoms with van der Waals surface area (Å²) < 4.78 is 38.5. The highest BCUT2D eigenvalue weighted by atomic mass is 35.5. The molecule has 0 spiro atoms. The number of hydrogen-bond donors (Lipinski definition) is 2. The number of aliphatic imine (C=N–C) groups is 1. The van der Waals surface area contributed by atoms with Crippen LogP contribution in [0.25, 0.3) is 0 Å². The van der Waals surface area contributed by atoms with E-state index in [1.807, 2.05) is 30.3 Å². The van der Waals surface area contributed by atoms with E-state index in [4.69, 9.17) is 11.6 Å². The fourth-order valence-corrected chi connectivity index (χ4v) is 3.66. The Balaban J connectivity index is 1.60. The minimum absolute atomic E-state index is 0.0278. The van der Waals surface area contributed by atoms with Crippen LogP contribution in [0.3, 0.4) is 0 Å². The molecule has 0 radical (unpaired) electrons. The first-order chi connectivity index (χ1) is 13.7. The van der Waals surface area contributed by atoms with Gasteiger partial charge in [-0.3, -0.25) is 14.6 Å². The quantitative estimate of drug-likeness (QED) is 0.719. The smallest absolute Gasteiger partial charge is 0.325 e. The number of anilines is 1. The number of halogens is 4. The van der Waals surface area contributed by atoms with Crippen LogP contribution in [0.4, 0.5) is 18.9 Å². The summed E-state index contributed by atoms with van der Waals surface area (Å²) in [5.41, 5.74) is -0.122. The third-order valence-corrected chi connectivity index (χ3v) is 5.41. The molecule has 3 rings (SSSR count). The molecule has 1 heterocycles. The van der Waals surface area contributed by atoms with E-state index >= 15 is 0 Å². The van der Waals surface area contributed by atoms with Crippen molar-refractivity contribution < 1.29 is 22.8 Å². The van der Waals surface area contributed by atoms with Gasteiger partial charge in [-0.2, -0.15) is 13.2 Å². The predicted molar refractivity (Wildman–Crippen MR) is 107 cm³/mol. The molecule has 0 aromatic heterocycles. The molecule has 1 saturated heterocycles. The molecule has 0 bridgehead atoms. The van der Waals surface area contributed by atoms with E-state index in [1.165, 1.54) is 0 Å². The van der Waals surface area contributed by atoms with Crippen LogP contribution >= 0.6 is 23.4 Å². The molecule has 1 aliphatic heterocycles. The third-order valence-electron chi connectivity index (χ3n) is 3.96. The zero-order valence-corrected chi connectivity index (χ0v) is 16.4. The van der Waals surface area contributed by atoms with Gasteiger partial charge in [0.1, 0.15) is 5.25 Å². The molecule has 1 aliphatic rings. The molecule has 152 valence electrons. The molecule has 2 aromatic rings. The summed E-state index contributed by atoms with van der Waals surface area (Å²) in [4.78, 5) is 28.6. The summed E-state index contributed by atoms with van der Waals surface area (Å²) in [6.07, 6.45) is -4.79. The number of carbonyl (C=O) groups is 2. The van der Waals surface area contributed by atoms with Gasteiger partial charge in [0.25, 0.3) is 0 Å². The van der Waals surface area contributed by atoms with Crippen molar-refractivity contribution in [2.45, 2.75) is 24.4 Å². The Morgan fingerprint density at radius 1 is 1.21 bits per heavy atom. The van der Waals surface area contributed by atoms with Crippen LogP contribution in [-0.4, -0.2) is 22.2 Å². The number of nitrogens with one attached hydrogen (secondary N) is 2. The van der Waals surface area contributed by atoms with Crippen molar-refractivity contribution in [2.24, 2.45) is 4.99 Å². The number of alkyl halides is 3. The van der Waals surface area contributed by atoms with E-state index in [1.54, 1.807) is 0 Å². The van der Waals surface area contributed by atoms with E-state index in [0.29, 0.717) is 11.7 Å². The van der Waals surface area contributed by atoms with Gasteiger partial charge < -0.3 is 10.6 Å². The average molecular weight is 442 g/mol. The first-order valence-corrected chi connectivity index (χ1v) is 9.70. The molecule has 0 saturated carbocycles. The first kappa shape index (κ1) is 21.2. The Hall–Kier alpha value is -2.52. The Morgan fingerprint density at radius 2 is 1.93 bits per heavy atom. The Labute approximate surface area is 173 Å². The van der Waals surface area contributed by atoms with Gasteiger partial charge in [-0.15, -0.1) is 0 Å². The number of amides is 2. The van der Waals surface area contributed by atoms with E-state index < -0.39 is 22.9 Å². The molecule has 0 unspecified atom stereocenters. The highest BCUT2D eigenvalue weighted by Gasteiger charge is 2.33. The summed E-state index contributed by atoms with van der Waals surface area (Å²) in [6, 6.07) is 12.1. The maximum Gasteiger partial charge on any atom is 0.416 e. The van der Waals surface area contributed by atoms with Crippen LogP contribution in [0, 0.1) is 0 Å². The molecular weight excluding hydrogens is 427 g/mol. The number of hydrogen-bond acceptors (Lipinski definition) is 4.